The summed E-state index contributed by atoms with van der Waals surface area (Å²) >= 11 is 0. The molecule has 0 aliphatic rings. The second-order valence-corrected chi connectivity index (χ2v) is 4.94. The third kappa shape index (κ3) is 6.14. The van der Waals surface area contributed by atoms with E-state index in [4.69, 9.17) is 14.2 Å². The lowest BCUT2D eigenvalue weighted by atomic mass is 10.1. The zero-order valence-electron chi connectivity index (χ0n) is 13.3. The molecule has 1 rings (SSSR count). The van der Waals surface area contributed by atoms with Gasteiger partial charge in [0.05, 0.1) is 32.4 Å². The van der Waals surface area contributed by atoms with Gasteiger partial charge in [-0.1, -0.05) is 0 Å². The molecule has 0 atom stereocenters. The monoisotopic (exact) mass is 295 g/mol. The first-order chi connectivity index (χ1) is 10.1. The Morgan fingerprint density at radius 3 is 2.62 bits per heavy atom. The van der Waals surface area contributed by atoms with Crippen LogP contribution in [0.2, 0.25) is 0 Å². The van der Waals surface area contributed by atoms with Crippen LogP contribution in [-0.4, -0.2) is 45.8 Å². The van der Waals surface area contributed by atoms with Crippen molar-refractivity contribution in [2.45, 2.75) is 26.4 Å². The number of carbonyl (C=O) groups is 1. The number of methoxy groups -OCH3 is 2. The summed E-state index contributed by atoms with van der Waals surface area (Å²) < 4.78 is 15.8. The first kappa shape index (κ1) is 17.5. The van der Waals surface area contributed by atoms with Crippen LogP contribution in [-0.2, 0) is 4.74 Å². The quantitative estimate of drug-likeness (QED) is 0.530. The number of benzene rings is 1. The van der Waals surface area contributed by atoms with E-state index in [1.807, 2.05) is 13.8 Å². The molecule has 0 fully saturated rings. The molecule has 0 unspecified atom stereocenters. The summed E-state index contributed by atoms with van der Waals surface area (Å²) in [5, 5.41) is 3.12. The van der Waals surface area contributed by atoms with E-state index in [9.17, 15) is 4.79 Å². The second kappa shape index (κ2) is 9.37. The van der Waals surface area contributed by atoms with E-state index in [1.54, 1.807) is 32.4 Å². The van der Waals surface area contributed by atoms with Gasteiger partial charge in [0.15, 0.2) is 5.78 Å². The standard InChI is InChI=1S/C16H25NO4/c1-12(2)21-9-5-8-17-11-15(18)14-10-13(19-3)6-7-16(14)20-4/h6-7,10,12,17H,5,8-9,11H2,1-4H3. The molecule has 1 aromatic rings. The van der Waals surface area contributed by atoms with Crippen molar-refractivity contribution in [3.8, 4) is 11.5 Å². The second-order valence-electron chi connectivity index (χ2n) is 4.94. The van der Waals surface area contributed by atoms with Crippen LogP contribution < -0.4 is 14.8 Å². The number of rotatable bonds is 10. The Hall–Kier alpha value is -1.59. The third-order valence-corrected chi connectivity index (χ3v) is 2.94. The summed E-state index contributed by atoms with van der Waals surface area (Å²) in [5.41, 5.74) is 0.530. The Morgan fingerprint density at radius 2 is 2.00 bits per heavy atom. The van der Waals surface area contributed by atoms with Crippen molar-refractivity contribution in [1.82, 2.24) is 5.32 Å². The predicted molar refractivity (Wildman–Crippen MR) is 82.5 cm³/mol. The zero-order valence-corrected chi connectivity index (χ0v) is 13.3. The summed E-state index contributed by atoms with van der Waals surface area (Å²) in [4.78, 5) is 12.2. The minimum atomic E-state index is -0.0180. The maximum Gasteiger partial charge on any atom is 0.180 e. The summed E-state index contributed by atoms with van der Waals surface area (Å²) in [6.45, 7) is 5.72. The number of carbonyl (C=O) groups excluding carboxylic acids is 1. The summed E-state index contributed by atoms with van der Waals surface area (Å²) in [6.07, 6.45) is 1.12. The fourth-order valence-electron chi connectivity index (χ4n) is 1.85. The highest BCUT2D eigenvalue weighted by Crippen LogP contribution is 2.24. The fraction of sp³-hybridized carbons (Fsp3) is 0.562. The minimum absolute atomic E-state index is 0.0180. The van der Waals surface area contributed by atoms with Gasteiger partial charge in [-0.15, -0.1) is 0 Å². The zero-order chi connectivity index (χ0) is 15.7. The number of ketones is 1. The number of hydrogen-bond acceptors (Lipinski definition) is 5. The SMILES string of the molecule is COc1ccc(OC)c(C(=O)CNCCCOC(C)C)c1. The third-order valence-electron chi connectivity index (χ3n) is 2.94. The van der Waals surface area contributed by atoms with Gasteiger partial charge in [-0.05, 0) is 45.0 Å². The highest BCUT2D eigenvalue weighted by atomic mass is 16.5. The van der Waals surface area contributed by atoms with Crippen molar-refractivity contribution >= 4 is 5.78 Å². The van der Waals surface area contributed by atoms with Crippen LogP contribution in [0.25, 0.3) is 0 Å². The lowest BCUT2D eigenvalue weighted by Gasteiger charge is -2.11. The van der Waals surface area contributed by atoms with Crippen LogP contribution in [0.1, 0.15) is 30.6 Å². The average Bonchev–Trinajstić information content (AvgIpc) is 2.49. The van der Waals surface area contributed by atoms with E-state index in [2.05, 4.69) is 5.32 Å². The molecule has 0 saturated heterocycles. The molecule has 0 radical (unpaired) electrons. The van der Waals surface area contributed by atoms with Gasteiger partial charge in [0, 0.05) is 6.61 Å². The summed E-state index contributed by atoms with van der Waals surface area (Å²) in [6, 6.07) is 5.21. The summed E-state index contributed by atoms with van der Waals surface area (Å²) in [5.74, 6) is 1.19. The van der Waals surface area contributed by atoms with Gasteiger partial charge < -0.3 is 19.5 Å². The van der Waals surface area contributed by atoms with Crippen LogP contribution in [0.5, 0.6) is 11.5 Å². The van der Waals surface area contributed by atoms with Crippen molar-refractivity contribution < 1.29 is 19.0 Å². The lowest BCUT2D eigenvalue weighted by Crippen LogP contribution is -2.25. The highest BCUT2D eigenvalue weighted by molar-refractivity contribution is 6.00. The van der Waals surface area contributed by atoms with Gasteiger partial charge in [-0.3, -0.25) is 4.79 Å². The van der Waals surface area contributed by atoms with Gasteiger partial charge in [0.1, 0.15) is 11.5 Å². The van der Waals surface area contributed by atoms with Gasteiger partial charge >= 0.3 is 0 Å². The van der Waals surface area contributed by atoms with Crippen molar-refractivity contribution in [2.75, 3.05) is 33.9 Å². The number of nitrogens with one attached hydrogen (secondary N) is 1. The van der Waals surface area contributed by atoms with Gasteiger partial charge in [-0.25, -0.2) is 0 Å². The Labute approximate surface area is 126 Å². The van der Waals surface area contributed by atoms with E-state index >= 15 is 0 Å². The molecule has 0 amide bonds. The van der Waals surface area contributed by atoms with Crippen LogP contribution >= 0.6 is 0 Å². The largest absolute Gasteiger partial charge is 0.497 e. The van der Waals surface area contributed by atoms with Crippen molar-refractivity contribution in [2.24, 2.45) is 0 Å². The Balaban J connectivity index is 2.44. The highest BCUT2D eigenvalue weighted by Gasteiger charge is 2.13. The Morgan fingerprint density at radius 1 is 1.24 bits per heavy atom. The molecule has 1 aromatic carbocycles. The van der Waals surface area contributed by atoms with E-state index < -0.39 is 0 Å². The van der Waals surface area contributed by atoms with Gasteiger partial charge in [0.25, 0.3) is 0 Å². The summed E-state index contributed by atoms with van der Waals surface area (Å²) in [7, 11) is 3.12. The minimum Gasteiger partial charge on any atom is -0.497 e. The molecule has 118 valence electrons. The van der Waals surface area contributed by atoms with Crippen molar-refractivity contribution in [3.05, 3.63) is 23.8 Å². The Bertz CT molecular complexity index is 446. The molecular weight excluding hydrogens is 270 g/mol. The Kier molecular flexibility index (Phi) is 7.79. The molecule has 0 spiro atoms. The first-order valence-corrected chi connectivity index (χ1v) is 7.16. The molecule has 0 saturated carbocycles. The van der Waals surface area contributed by atoms with Crippen LogP contribution in [0, 0.1) is 0 Å². The molecule has 0 bridgehead atoms. The molecule has 5 heteroatoms. The van der Waals surface area contributed by atoms with Crippen molar-refractivity contribution in [1.29, 1.82) is 0 Å². The molecule has 0 heterocycles. The van der Waals surface area contributed by atoms with Crippen LogP contribution in [0.3, 0.4) is 0 Å². The molecule has 0 aliphatic carbocycles. The fourth-order valence-corrected chi connectivity index (χ4v) is 1.85. The number of hydrogen-bond donors (Lipinski definition) is 1. The topological polar surface area (TPSA) is 56.8 Å². The maximum absolute atomic E-state index is 12.2. The molecular formula is C16H25NO4. The molecule has 0 aromatic heterocycles. The molecule has 0 aliphatic heterocycles. The molecule has 21 heavy (non-hydrogen) atoms. The van der Waals surface area contributed by atoms with Gasteiger partial charge in [-0.2, -0.15) is 0 Å². The lowest BCUT2D eigenvalue weighted by molar-refractivity contribution is 0.0767. The normalized spacial score (nSPS) is 10.7. The molecule has 1 N–H and O–H groups in total. The maximum atomic E-state index is 12.2. The smallest absolute Gasteiger partial charge is 0.180 e. The average molecular weight is 295 g/mol. The van der Waals surface area contributed by atoms with E-state index in [-0.39, 0.29) is 18.4 Å². The van der Waals surface area contributed by atoms with Crippen molar-refractivity contribution in [3.63, 3.8) is 0 Å². The molecule has 5 nitrogen and oxygen atoms in total. The van der Waals surface area contributed by atoms with Crippen LogP contribution in [0.15, 0.2) is 18.2 Å². The van der Waals surface area contributed by atoms with E-state index in [0.29, 0.717) is 23.7 Å². The van der Waals surface area contributed by atoms with Gasteiger partial charge in [0.2, 0.25) is 0 Å². The number of Topliss-reactive ketones (excluding diaryl/α,β-unsaturated/α-hetero) is 1. The predicted octanol–water partition coefficient (Wildman–Crippen LogP) is 2.29. The number of ether oxygens (including phenoxy) is 3. The van der Waals surface area contributed by atoms with Crippen LogP contribution in [0.4, 0.5) is 0 Å². The van der Waals surface area contributed by atoms with E-state index in [0.717, 1.165) is 13.0 Å². The van der Waals surface area contributed by atoms with E-state index in [1.165, 1.54) is 0 Å². The first-order valence-electron chi connectivity index (χ1n) is 7.16.